The molecule has 2 saturated heterocycles. The van der Waals surface area contributed by atoms with Gasteiger partial charge in [-0.15, -0.1) is 11.6 Å². The number of rotatable bonds is 2. The monoisotopic (exact) mass is 487 g/mol. The molecule has 1 N–H and O–H groups in total. The molecule has 0 amide bonds. The van der Waals surface area contributed by atoms with E-state index in [0.717, 1.165) is 43.0 Å². The number of nitrogens with zero attached hydrogens (tertiary/aromatic N) is 1. The molecule has 7 rings (SSSR count). The van der Waals surface area contributed by atoms with Gasteiger partial charge in [-0.3, -0.25) is 4.90 Å². The molecular weight excluding hydrogens is 442 g/mol. The molecule has 34 heavy (non-hydrogen) atoms. The zero-order valence-corrected chi connectivity index (χ0v) is 22.6. The predicted octanol–water partition coefficient (Wildman–Crippen LogP) is 6.03. The van der Waals surface area contributed by atoms with Crippen LogP contribution in [0.3, 0.4) is 0 Å². The zero-order chi connectivity index (χ0) is 23.7. The molecule has 0 aromatic carbocycles. The summed E-state index contributed by atoms with van der Waals surface area (Å²) in [7, 11) is 0. The lowest BCUT2D eigenvalue weighted by molar-refractivity contribution is -0.148. The molecule has 7 aliphatic rings. The molecule has 12 atom stereocenters. The second kappa shape index (κ2) is 7.27. The number of piperidine rings is 1. The maximum Gasteiger partial charge on any atom is 0.0787 e. The zero-order valence-electron chi connectivity index (χ0n) is 21.9. The van der Waals surface area contributed by atoms with E-state index < -0.39 is 0 Å². The van der Waals surface area contributed by atoms with Crippen molar-refractivity contribution < 1.29 is 9.84 Å². The SMILES string of the molecule is CC1C[C@H]2O[C@]3(CC[C@H]4C5CC=C6C[C@@H](O)CC[C@]6(C)[C@H]5CC45C[C@]53C)[C@H](C)[C@@H]2N(CCCl)C1. The van der Waals surface area contributed by atoms with Gasteiger partial charge >= 0.3 is 0 Å². The maximum atomic E-state index is 10.4. The predicted molar refractivity (Wildman–Crippen MR) is 137 cm³/mol. The van der Waals surface area contributed by atoms with Crippen molar-refractivity contribution in [3.63, 3.8) is 0 Å². The van der Waals surface area contributed by atoms with Crippen LogP contribution >= 0.6 is 11.6 Å². The van der Waals surface area contributed by atoms with E-state index in [0.29, 0.717) is 40.2 Å². The van der Waals surface area contributed by atoms with E-state index in [1.807, 2.05) is 0 Å². The number of hydrogen-bond donors (Lipinski definition) is 1. The van der Waals surface area contributed by atoms with Crippen LogP contribution in [-0.4, -0.2) is 52.8 Å². The normalized spacial score (nSPS) is 60.1. The molecule has 4 heteroatoms. The Morgan fingerprint density at radius 3 is 2.79 bits per heavy atom. The highest BCUT2D eigenvalue weighted by molar-refractivity contribution is 6.18. The molecule has 3 unspecified atom stereocenters. The Morgan fingerprint density at radius 2 is 2.00 bits per heavy atom. The third-order valence-corrected chi connectivity index (χ3v) is 13.5. The smallest absolute Gasteiger partial charge is 0.0787 e. The average Bonchev–Trinajstić information content (AvgIpc) is 3.13. The van der Waals surface area contributed by atoms with E-state index in [1.54, 1.807) is 5.57 Å². The summed E-state index contributed by atoms with van der Waals surface area (Å²) in [6, 6.07) is 0.551. The minimum atomic E-state index is -0.110. The van der Waals surface area contributed by atoms with Crippen molar-refractivity contribution in [2.45, 2.75) is 109 Å². The lowest BCUT2D eigenvalue weighted by Gasteiger charge is -2.50. The highest BCUT2D eigenvalue weighted by Crippen LogP contribution is 2.87. The van der Waals surface area contributed by atoms with Crippen molar-refractivity contribution in [2.24, 2.45) is 45.8 Å². The van der Waals surface area contributed by atoms with Gasteiger partial charge in [-0.25, -0.2) is 0 Å². The summed E-state index contributed by atoms with van der Waals surface area (Å²) < 4.78 is 7.38. The number of aliphatic hydroxyl groups excluding tert-OH is 1. The van der Waals surface area contributed by atoms with Crippen LogP contribution in [-0.2, 0) is 4.74 Å². The van der Waals surface area contributed by atoms with Crippen LogP contribution in [0.5, 0.6) is 0 Å². The van der Waals surface area contributed by atoms with Gasteiger partial charge in [0, 0.05) is 36.3 Å². The molecule has 6 fully saturated rings. The second-order valence-electron chi connectivity index (χ2n) is 14.4. The molecule has 2 spiro atoms. The fraction of sp³-hybridized carbons (Fsp3) is 0.933. The maximum absolute atomic E-state index is 10.4. The van der Waals surface area contributed by atoms with Crippen LogP contribution < -0.4 is 0 Å². The minimum Gasteiger partial charge on any atom is -0.393 e. The minimum absolute atomic E-state index is 0.0564. The summed E-state index contributed by atoms with van der Waals surface area (Å²) in [4.78, 5) is 2.70. The average molecular weight is 488 g/mol. The first-order valence-electron chi connectivity index (χ1n) is 14.5. The van der Waals surface area contributed by atoms with Gasteiger partial charge in [-0.2, -0.15) is 0 Å². The third kappa shape index (κ3) is 2.62. The van der Waals surface area contributed by atoms with Crippen LogP contribution in [0.15, 0.2) is 11.6 Å². The first-order valence-corrected chi connectivity index (χ1v) is 15.1. The van der Waals surface area contributed by atoms with E-state index in [1.165, 1.54) is 51.5 Å². The Kier molecular flexibility index (Phi) is 4.93. The van der Waals surface area contributed by atoms with Crippen molar-refractivity contribution in [1.29, 1.82) is 0 Å². The number of hydrogen-bond acceptors (Lipinski definition) is 3. The number of aliphatic hydroxyl groups is 1. The number of fused-ring (bicyclic) bond motifs is 6. The number of alkyl halides is 1. The second-order valence-corrected chi connectivity index (χ2v) is 14.8. The molecular formula is C30H46ClNO2. The molecule has 0 aromatic heterocycles. The molecule has 5 aliphatic carbocycles. The fourth-order valence-corrected chi connectivity index (χ4v) is 12.0. The van der Waals surface area contributed by atoms with Crippen molar-refractivity contribution in [1.82, 2.24) is 4.90 Å². The Morgan fingerprint density at radius 1 is 1.18 bits per heavy atom. The lowest BCUT2D eigenvalue weighted by atomic mass is 9.56. The first kappa shape index (κ1) is 23.1. The Labute approximate surface area is 212 Å². The van der Waals surface area contributed by atoms with E-state index in [-0.39, 0.29) is 11.7 Å². The van der Waals surface area contributed by atoms with Crippen LogP contribution in [0.4, 0.5) is 0 Å². The van der Waals surface area contributed by atoms with Crippen LogP contribution in [0, 0.1) is 45.8 Å². The molecule has 0 aromatic rings. The largest absolute Gasteiger partial charge is 0.393 e. The number of allylic oxidation sites excluding steroid dienone is 1. The highest BCUT2D eigenvalue weighted by Gasteiger charge is 2.84. The van der Waals surface area contributed by atoms with Crippen LogP contribution in [0.25, 0.3) is 0 Å². The Hall–Kier alpha value is -0.0900. The molecule has 0 radical (unpaired) electrons. The van der Waals surface area contributed by atoms with E-state index in [2.05, 4.69) is 38.7 Å². The summed E-state index contributed by atoms with van der Waals surface area (Å²) in [6.45, 7) is 12.4. The quantitative estimate of drug-likeness (QED) is 0.381. The molecule has 0 bridgehead atoms. The van der Waals surface area contributed by atoms with E-state index >= 15 is 0 Å². The van der Waals surface area contributed by atoms with Gasteiger partial charge < -0.3 is 9.84 Å². The summed E-state index contributed by atoms with van der Waals surface area (Å²) in [5.41, 5.74) is 2.81. The molecule has 2 heterocycles. The van der Waals surface area contributed by atoms with E-state index in [9.17, 15) is 5.11 Å². The van der Waals surface area contributed by atoms with Gasteiger partial charge in [0.25, 0.3) is 0 Å². The van der Waals surface area contributed by atoms with Crippen molar-refractivity contribution in [2.75, 3.05) is 19.0 Å². The summed E-state index contributed by atoms with van der Waals surface area (Å²) in [5.74, 6) is 4.57. The highest BCUT2D eigenvalue weighted by atomic mass is 35.5. The molecule has 4 saturated carbocycles. The lowest BCUT2D eigenvalue weighted by Crippen LogP contribution is -2.54. The molecule has 190 valence electrons. The molecule has 2 aliphatic heterocycles. The Balaban J connectivity index is 1.21. The van der Waals surface area contributed by atoms with Crippen LogP contribution in [0.2, 0.25) is 0 Å². The van der Waals surface area contributed by atoms with Gasteiger partial charge in [0.15, 0.2) is 0 Å². The summed E-state index contributed by atoms with van der Waals surface area (Å²) in [5, 5.41) is 10.4. The number of ether oxygens (including phenoxy) is 1. The van der Waals surface area contributed by atoms with Crippen LogP contribution in [0.1, 0.15) is 85.5 Å². The molecule has 3 nitrogen and oxygen atoms in total. The fourth-order valence-electron chi connectivity index (χ4n) is 11.8. The van der Waals surface area contributed by atoms with Gasteiger partial charge in [0.1, 0.15) is 0 Å². The van der Waals surface area contributed by atoms with Crippen molar-refractivity contribution in [3.05, 3.63) is 11.6 Å². The number of likely N-dealkylation sites (tertiary alicyclic amines) is 1. The van der Waals surface area contributed by atoms with Crippen molar-refractivity contribution >= 4 is 11.6 Å². The first-order chi connectivity index (χ1) is 16.2. The van der Waals surface area contributed by atoms with Crippen molar-refractivity contribution in [3.8, 4) is 0 Å². The topological polar surface area (TPSA) is 32.7 Å². The van der Waals surface area contributed by atoms with Gasteiger partial charge in [-0.05, 0) is 92.3 Å². The summed E-state index contributed by atoms with van der Waals surface area (Å²) in [6.07, 6.45) is 13.9. The third-order valence-electron chi connectivity index (χ3n) is 13.3. The van der Waals surface area contributed by atoms with Gasteiger partial charge in [0.2, 0.25) is 0 Å². The standard InChI is InChI=1S/C30H46ClNO2/c1-18-13-25-26(32(16-18)12-11-31)19(2)30(34-25)10-8-23-22-6-5-20-14-21(33)7-9-27(20,3)24(22)15-29(23)17-28(29,30)4/h5,18-19,21-26,33H,6-17H2,1-4H3/t18?,19-,21+,22?,23+,24+,25-,26+,27+,28-,29?,30-/m1/s1. The van der Waals surface area contributed by atoms with Gasteiger partial charge in [0.05, 0.1) is 17.8 Å². The van der Waals surface area contributed by atoms with Gasteiger partial charge in [-0.1, -0.05) is 39.3 Å². The van der Waals surface area contributed by atoms with E-state index in [4.69, 9.17) is 16.3 Å². The number of halogens is 1. The summed E-state index contributed by atoms with van der Waals surface area (Å²) >= 11 is 6.28. The Bertz CT molecular complexity index is 906.